The van der Waals surface area contributed by atoms with Crippen LogP contribution in [0.3, 0.4) is 0 Å². The number of nitrogens with zero attached hydrogens (tertiary/aromatic N) is 2. The van der Waals surface area contributed by atoms with Crippen LogP contribution in [0.5, 0.6) is 0 Å². The summed E-state index contributed by atoms with van der Waals surface area (Å²) in [5.41, 5.74) is 5.51. The van der Waals surface area contributed by atoms with Crippen LogP contribution in [0.25, 0.3) is 11.1 Å². The number of ether oxygens (including phenoxy) is 2. The van der Waals surface area contributed by atoms with E-state index in [1.807, 2.05) is 84.9 Å². The Labute approximate surface area is 222 Å². The van der Waals surface area contributed by atoms with Crippen molar-refractivity contribution in [2.45, 2.75) is 19.8 Å². The molecular formula is C27H23As2N3O3. The van der Waals surface area contributed by atoms with Crippen molar-refractivity contribution in [3.8, 4) is 11.1 Å². The Hall–Kier alpha value is -2.75. The van der Waals surface area contributed by atoms with Gasteiger partial charge in [-0.25, -0.2) is 0 Å². The average molecular weight is 587 g/mol. The Morgan fingerprint density at radius 3 is 1.97 bits per heavy atom. The monoisotopic (exact) mass is 587 g/mol. The molecule has 35 heavy (non-hydrogen) atoms. The van der Waals surface area contributed by atoms with Crippen molar-refractivity contribution in [2.24, 2.45) is 0 Å². The predicted octanol–water partition coefficient (Wildman–Crippen LogP) is 2.60. The molecule has 174 valence electrons. The van der Waals surface area contributed by atoms with E-state index in [9.17, 15) is 4.79 Å². The number of nitrogens with one attached hydrogen (secondary N) is 1. The van der Waals surface area contributed by atoms with Crippen molar-refractivity contribution in [2.75, 3.05) is 11.9 Å². The Bertz CT molecular complexity index is 1250. The minimum absolute atomic E-state index is 0.0137. The summed E-state index contributed by atoms with van der Waals surface area (Å²) in [6, 6.07) is 27.4. The molecule has 1 aromatic heterocycles. The molecule has 1 N–H and O–H groups in total. The molecule has 0 aliphatic rings. The quantitative estimate of drug-likeness (QED) is 0.289. The van der Waals surface area contributed by atoms with Crippen molar-refractivity contribution in [3.05, 3.63) is 102 Å². The van der Waals surface area contributed by atoms with Crippen molar-refractivity contribution < 1.29 is 14.3 Å². The summed E-state index contributed by atoms with van der Waals surface area (Å²) in [5, 5.41) is 2.87. The molecule has 0 spiro atoms. The van der Waals surface area contributed by atoms with Crippen molar-refractivity contribution in [1.82, 2.24) is 9.97 Å². The first-order chi connectivity index (χ1) is 17.1. The average Bonchev–Trinajstić information content (AvgIpc) is 2.86. The molecule has 6 nitrogen and oxygen atoms in total. The summed E-state index contributed by atoms with van der Waals surface area (Å²) in [4.78, 5) is 21.4. The van der Waals surface area contributed by atoms with Crippen LogP contribution in [0.4, 0.5) is 5.69 Å². The van der Waals surface area contributed by atoms with Gasteiger partial charge in [0, 0.05) is 0 Å². The molecule has 4 radical (unpaired) electrons. The van der Waals surface area contributed by atoms with Gasteiger partial charge in [0.1, 0.15) is 0 Å². The maximum absolute atomic E-state index is 12.3. The molecule has 0 saturated carbocycles. The van der Waals surface area contributed by atoms with Gasteiger partial charge in [0.15, 0.2) is 0 Å². The first kappa shape index (κ1) is 25.3. The summed E-state index contributed by atoms with van der Waals surface area (Å²) in [6.07, 6.45) is 0. The third-order valence-corrected chi connectivity index (χ3v) is 6.20. The first-order valence-corrected chi connectivity index (χ1v) is 12.9. The van der Waals surface area contributed by atoms with E-state index in [0.29, 0.717) is 30.1 Å². The number of anilines is 1. The SMILES string of the molecule is O=C(COCc1ccccc1)Nc1ccc(-c2c([As])nc([As])nc2COCc2ccccc2)cc1. The zero-order valence-corrected chi connectivity index (χ0v) is 22.7. The van der Waals surface area contributed by atoms with Crippen molar-refractivity contribution in [3.63, 3.8) is 0 Å². The fraction of sp³-hybridized carbons (Fsp3) is 0.148. The minimum atomic E-state index is -0.201. The summed E-state index contributed by atoms with van der Waals surface area (Å²) in [7, 11) is 0. The van der Waals surface area contributed by atoms with E-state index >= 15 is 0 Å². The number of amides is 1. The summed E-state index contributed by atoms with van der Waals surface area (Å²) in [6.45, 7) is 1.25. The standard InChI is InChI=1S/C27H23As2N3O3/c28-26-25(23(31-27(29)32-26)17-34-15-19-7-3-1-4-8-19)21-11-13-22(14-12-21)30-24(33)18-35-16-20-9-5-2-6-10-20/h1-14H,15-18H2,(H,30,33). The van der Waals surface area contributed by atoms with Crippen LogP contribution in [0.2, 0.25) is 0 Å². The topological polar surface area (TPSA) is 73.3 Å². The van der Waals surface area contributed by atoms with Gasteiger partial charge in [0.25, 0.3) is 0 Å². The number of rotatable bonds is 10. The predicted molar refractivity (Wildman–Crippen MR) is 138 cm³/mol. The van der Waals surface area contributed by atoms with Crippen LogP contribution >= 0.6 is 0 Å². The molecule has 0 atom stereocenters. The molecule has 1 amide bonds. The number of benzene rings is 3. The zero-order valence-electron chi connectivity index (χ0n) is 18.9. The van der Waals surface area contributed by atoms with Gasteiger partial charge in [0.2, 0.25) is 0 Å². The van der Waals surface area contributed by atoms with Crippen molar-refractivity contribution in [1.29, 1.82) is 0 Å². The van der Waals surface area contributed by atoms with E-state index in [4.69, 9.17) is 9.47 Å². The van der Waals surface area contributed by atoms with Crippen molar-refractivity contribution >= 4 is 54.4 Å². The molecule has 0 fully saturated rings. The van der Waals surface area contributed by atoms with Crippen LogP contribution < -0.4 is 14.4 Å². The van der Waals surface area contributed by atoms with Crippen LogP contribution in [0, 0.1) is 0 Å². The molecule has 0 aliphatic heterocycles. The molecule has 0 saturated heterocycles. The van der Waals surface area contributed by atoms with Gasteiger partial charge in [0.05, 0.1) is 0 Å². The molecule has 0 unspecified atom stereocenters. The van der Waals surface area contributed by atoms with E-state index in [-0.39, 0.29) is 12.5 Å². The third kappa shape index (κ3) is 7.61. The fourth-order valence-electron chi connectivity index (χ4n) is 3.47. The number of aromatic nitrogens is 2. The second-order valence-electron chi connectivity index (χ2n) is 7.75. The summed E-state index contributed by atoms with van der Waals surface area (Å²) >= 11 is 4.88. The van der Waals surface area contributed by atoms with Crippen LogP contribution in [0.15, 0.2) is 84.9 Å². The van der Waals surface area contributed by atoms with E-state index in [1.54, 1.807) is 0 Å². The van der Waals surface area contributed by atoms with Gasteiger partial charge < -0.3 is 0 Å². The second-order valence-corrected chi connectivity index (χ2v) is 9.48. The molecule has 0 bridgehead atoms. The normalized spacial score (nSPS) is 10.8. The number of hydrogen-bond donors (Lipinski definition) is 1. The summed E-state index contributed by atoms with van der Waals surface area (Å²) < 4.78 is 12.9. The molecule has 4 aromatic rings. The van der Waals surface area contributed by atoms with E-state index in [1.165, 1.54) is 0 Å². The van der Waals surface area contributed by atoms with Crippen LogP contribution in [-0.2, 0) is 34.1 Å². The van der Waals surface area contributed by atoms with E-state index < -0.39 is 0 Å². The number of hydrogen-bond acceptors (Lipinski definition) is 5. The van der Waals surface area contributed by atoms with Crippen LogP contribution in [0.1, 0.15) is 16.8 Å². The number of carbonyl (C=O) groups excluding carboxylic acids is 1. The Kier molecular flexibility index (Phi) is 9.27. The Balaban J connectivity index is 1.38. The first-order valence-electron chi connectivity index (χ1n) is 11.0. The van der Waals surface area contributed by atoms with Gasteiger partial charge in [-0.2, -0.15) is 0 Å². The Morgan fingerprint density at radius 2 is 1.34 bits per heavy atom. The van der Waals surface area contributed by atoms with Gasteiger partial charge in [-0.1, -0.05) is 30.3 Å². The van der Waals surface area contributed by atoms with Gasteiger partial charge in [-0.3, -0.25) is 0 Å². The molecule has 0 aliphatic carbocycles. The fourth-order valence-corrected chi connectivity index (χ4v) is 5.05. The number of carbonyl (C=O) groups is 1. The molecule has 1 heterocycles. The zero-order chi connectivity index (χ0) is 24.5. The second kappa shape index (κ2) is 12.8. The van der Waals surface area contributed by atoms with E-state index in [0.717, 1.165) is 32.4 Å². The molecule has 8 heteroatoms. The summed E-state index contributed by atoms with van der Waals surface area (Å²) in [5.74, 6) is -0.201. The van der Waals surface area contributed by atoms with Gasteiger partial charge >= 0.3 is 193 Å². The van der Waals surface area contributed by atoms with Gasteiger partial charge in [-0.05, 0) is 0 Å². The third-order valence-electron chi connectivity index (χ3n) is 5.11. The molecule has 3 aromatic carbocycles. The van der Waals surface area contributed by atoms with E-state index in [2.05, 4.69) is 49.0 Å². The maximum atomic E-state index is 12.3. The van der Waals surface area contributed by atoms with Crippen LogP contribution in [-0.4, -0.2) is 56.2 Å². The van der Waals surface area contributed by atoms with Gasteiger partial charge in [-0.15, -0.1) is 0 Å². The Morgan fingerprint density at radius 1 is 0.743 bits per heavy atom. The molecule has 4 rings (SSSR count). The molecular weight excluding hydrogens is 564 g/mol.